The van der Waals surface area contributed by atoms with E-state index in [0.29, 0.717) is 6.61 Å². The molecule has 0 heterocycles. The van der Waals surface area contributed by atoms with Crippen LogP contribution in [0, 0.1) is 0 Å². The number of carbonyl (C=O) groups excluding carboxylic acids is 1. The normalized spacial score (nSPS) is 11.2. The molecule has 0 saturated carbocycles. The second-order valence-electron chi connectivity index (χ2n) is 7.97. The number of unbranched alkanes of at least 4 members (excludes halogenated alkanes) is 16. The minimum atomic E-state index is 0.542. The molecule has 0 N–H and O–H groups in total. The number of ether oxygens (including phenoxy) is 1. The van der Waals surface area contributed by atoms with Crippen molar-refractivity contribution >= 4 is 6.47 Å². The largest absolute Gasteiger partial charge is 0.457 e. The van der Waals surface area contributed by atoms with Gasteiger partial charge in [0.25, 0.3) is 0 Å². The van der Waals surface area contributed by atoms with Crippen LogP contribution in [0.4, 0.5) is 0 Å². The van der Waals surface area contributed by atoms with Crippen LogP contribution in [0.2, 0.25) is 0 Å². The first-order valence-corrected chi connectivity index (χ1v) is 12.1. The average Bonchev–Trinajstić information content (AvgIpc) is 2.69. The molecule has 3 heteroatoms. The van der Waals surface area contributed by atoms with Crippen molar-refractivity contribution in [2.45, 2.75) is 123 Å². The van der Waals surface area contributed by atoms with Gasteiger partial charge in [-0.3, -0.25) is 0 Å². The molecule has 0 spiro atoms. The van der Waals surface area contributed by atoms with Crippen molar-refractivity contribution in [3.63, 3.8) is 0 Å². The molecule has 0 aromatic carbocycles. The first-order valence-electron chi connectivity index (χ1n) is 12.1. The van der Waals surface area contributed by atoms with E-state index in [1.807, 2.05) is 0 Å². The molecule has 0 fully saturated rings. The lowest BCUT2D eigenvalue weighted by atomic mass is 10.0. The van der Waals surface area contributed by atoms with Gasteiger partial charge in [0.05, 0.1) is 6.61 Å². The van der Waals surface area contributed by atoms with E-state index in [1.54, 1.807) is 0 Å². The van der Waals surface area contributed by atoms with Gasteiger partial charge in [-0.05, 0) is 32.5 Å². The van der Waals surface area contributed by atoms with Crippen LogP contribution in [0.15, 0.2) is 0 Å². The third-order valence-electron chi connectivity index (χ3n) is 5.67. The molecule has 0 atom stereocenters. The average molecular weight is 383 g/mol. The Morgan fingerprint density at radius 3 is 1.22 bits per heavy atom. The zero-order chi connectivity index (χ0) is 19.8. The summed E-state index contributed by atoms with van der Waals surface area (Å²) in [6.45, 7) is 10.3. The Balaban J connectivity index is 3.04. The Morgan fingerprint density at radius 1 is 0.556 bits per heavy atom. The molecule has 0 bridgehead atoms. The summed E-state index contributed by atoms with van der Waals surface area (Å²) in [7, 11) is 0. The highest BCUT2D eigenvalue weighted by atomic mass is 16.5. The van der Waals surface area contributed by atoms with Crippen LogP contribution in [-0.4, -0.2) is 37.6 Å². The minimum Gasteiger partial charge on any atom is -0.457 e. The zero-order valence-corrected chi connectivity index (χ0v) is 18.6. The molecule has 161 valence electrons. The first kappa shape index (κ1) is 26.4. The number of hydrogen-bond acceptors (Lipinski definition) is 3. The summed E-state index contributed by atoms with van der Waals surface area (Å²) < 4.78 is 4.57. The smallest absolute Gasteiger partial charge is 0.417 e. The van der Waals surface area contributed by atoms with E-state index < -0.39 is 0 Å². The van der Waals surface area contributed by atoms with Crippen molar-refractivity contribution in [1.29, 1.82) is 0 Å². The summed E-state index contributed by atoms with van der Waals surface area (Å²) >= 11 is 0. The van der Waals surface area contributed by atoms with Gasteiger partial charge in [0.1, 0.15) is 0 Å². The van der Waals surface area contributed by atoms with Gasteiger partial charge in [0.2, 0.25) is 0 Å². The molecule has 0 aliphatic heterocycles. The summed E-state index contributed by atoms with van der Waals surface area (Å²) in [4.78, 5) is 12.4. The van der Waals surface area contributed by atoms with Crippen molar-refractivity contribution in [1.82, 2.24) is 4.90 Å². The third-order valence-corrected chi connectivity index (χ3v) is 5.67. The van der Waals surface area contributed by atoms with E-state index in [0.717, 1.165) is 6.42 Å². The van der Waals surface area contributed by atoms with Crippen LogP contribution in [0.5, 0.6) is 0 Å². The Hall–Kier alpha value is -0.570. The highest BCUT2D eigenvalue weighted by Crippen LogP contribution is 2.14. The van der Waals surface area contributed by atoms with Gasteiger partial charge in [0, 0.05) is 0 Å². The van der Waals surface area contributed by atoms with Crippen LogP contribution >= 0.6 is 0 Å². The summed E-state index contributed by atoms with van der Waals surface area (Å²) in [5.41, 5.74) is 0. The summed E-state index contributed by atoms with van der Waals surface area (Å²) in [5.74, 6) is 0. The molecule has 0 aromatic heterocycles. The van der Waals surface area contributed by atoms with Crippen molar-refractivity contribution < 1.29 is 9.53 Å². The standard InChI is InChI=1S/C24H48NO2/c1-3-25(4-2)22-20-18-16-14-12-10-8-6-5-7-9-11-13-15-17-19-21-23-27-24-26/h3-23H2,1-2H3. The predicted octanol–water partition coefficient (Wildman–Crippen LogP) is 7.04. The van der Waals surface area contributed by atoms with Gasteiger partial charge in [-0.2, -0.15) is 0 Å². The van der Waals surface area contributed by atoms with E-state index in [2.05, 4.69) is 23.5 Å². The van der Waals surface area contributed by atoms with Gasteiger partial charge in [-0.25, -0.2) is 4.79 Å². The Morgan fingerprint density at radius 2 is 0.889 bits per heavy atom. The molecule has 0 unspecified atom stereocenters. The van der Waals surface area contributed by atoms with Gasteiger partial charge in [0.15, 0.2) is 0 Å². The summed E-state index contributed by atoms with van der Waals surface area (Å²) in [6, 6.07) is 0. The molecule has 0 aliphatic rings. The first-order chi connectivity index (χ1) is 13.3. The Bertz CT molecular complexity index is 280. The molecule has 3 nitrogen and oxygen atoms in total. The summed E-state index contributed by atoms with van der Waals surface area (Å²) in [6.07, 6.45) is 23.3. The van der Waals surface area contributed by atoms with Crippen LogP contribution < -0.4 is 0 Å². The van der Waals surface area contributed by atoms with Gasteiger partial charge in [-0.1, -0.05) is 110 Å². The number of rotatable bonds is 23. The van der Waals surface area contributed by atoms with Crippen molar-refractivity contribution in [2.75, 3.05) is 26.2 Å². The predicted molar refractivity (Wildman–Crippen MR) is 118 cm³/mol. The van der Waals surface area contributed by atoms with E-state index in [1.165, 1.54) is 129 Å². The van der Waals surface area contributed by atoms with E-state index in [4.69, 9.17) is 0 Å². The van der Waals surface area contributed by atoms with E-state index in [-0.39, 0.29) is 0 Å². The van der Waals surface area contributed by atoms with Crippen molar-refractivity contribution in [3.05, 3.63) is 0 Å². The third kappa shape index (κ3) is 21.6. The molecule has 0 saturated heterocycles. The maximum atomic E-state index is 9.88. The van der Waals surface area contributed by atoms with Gasteiger partial charge in [-0.15, -0.1) is 0 Å². The van der Waals surface area contributed by atoms with Crippen LogP contribution in [0.1, 0.15) is 123 Å². The maximum absolute atomic E-state index is 9.88. The van der Waals surface area contributed by atoms with Gasteiger partial charge < -0.3 is 9.64 Å². The fourth-order valence-corrected chi connectivity index (χ4v) is 3.74. The Labute approximate surface area is 170 Å². The highest BCUT2D eigenvalue weighted by Gasteiger charge is 1.98. The lowest BCUT2D eigenvalue weighted by molar-refractivity contribution is 0.268. The van der Waals surface area contributed by atoms with E-state index >= 15 is 0 Å². The Kier molecular flexibility index (Phi) is 23.0. The molecular formula is C24H48NO2. The van der Waals surface area contributed by atoms with Crippen LogP contribution in [0.3, 0.4) is 0 Å². The molecule has 0 aliphatic carbocycles. The topological polar surface area (TPSA) is 29.5 Å². The molecule has 0 aromatic rings. The van der Waals surface area contributed by atoms with Crippen molar-refractivity contribution in [2.24, 2.45) is 0 Å². The minimum absolute atomic E-state index is 0.542. The lowest BCUT2D eigenvalue weighted by Crippen LogP contribution is -2.23. The number of nitrogens with zero attached hydrogens (tertiary/aromatic N) is 1. The second kappa shape index (κ2) is 23.5. The molecular weight excluding hydrogens is 334 g/mol. The molecule has 0 rings (SSSR count). The van der Waals surface area contributed by atoms with Crippen LogP contribution in [-0.2, 0) is 9.53 Å². The number of hydrogen-bond donors (Lipinski definition) is 0. The molecule has 27 heavy (non-hydrogen) atoms. The van der Waals surface area contributed by atoms with Crippen molar-refractivity contribution in [3.8, 4) is 0 Å². The van der Waals surface area contributed by atoms with Gasteiger partial charge >= 0.3 is 6.47 Å². The molecule has 0 amide bonds. The van der Waals surface area contributed by atoms with Crippen LogP contribution in [0.25, 0.3) is 0 Å². The zero-order valence-electron chi connectivity index (χ0n) is 18.6. The lowest BCUT2D eigenvalue weighted by Gasteiger charge is -2.17. The van der Waals surface area contributed by atoms with E-state index in [9.17, 15) is 4.79 Å². The quantitative estimate of drug-likeness (QED) is 0.177. The highest BCUT2D eigenvalue weighted by molar-refractivity contribution is 5.37. The second-order valence-corrected chi connectivity index (χ2v) is 7.97. The maximum Gasteiger partial charge on any atom is 0.417 e. The fraction of sp³-hybridized carbons (Fsp3) is 0.958. The monoisotopic (exact) mass is 382 g/mol. The summed E-state index contributed by atoms with van der Waals surface area (Å²) in [5, 5.41) is 0. The molecule has 1 radical (unpaired) electrons. The SMILES string of the molecule is CCN(CC)CCCCCCCCCCCCCCCCCCCO[C]=O. The fourth-order valence-electron chi connectivity index (χ4n) is 3.74.